The van der Waals surface area contributed by atoms with E-state index in [4.69, 9.17) is 4.74 Å². The summed E-state index contributed by atoms with van der Waals surface area (Å²) in [5, 5.41) is 7.08. The van der Waals surface area contributed by atoms with E-state index in [2.05, 4.69) is 27.4 Å². The number of rotatable bonds is 5. The average molecular weight is 314 g/mol. The van der Waals surface area contributed by atoms with Crippen molar-refractivity contribution in [2.45, 2.75) is 25.6 Å². The molecule has 3 rings (SSSR count). The third-order valence-electron chi connectivity index (χ3n) is 4.22. The number of amides is 1. The summed E-state index contributed by atoms with van der Waals surface area (Å²) in [5.41, 5.74) is 2.39. The van der Waals surface area contributed by atoms with Gasteiger partial charge in [-0.3, -0.25) is 14.4 Å². The van der Waals surface area contributed by atoms with E-state index in [1.165, 1.54) is 5.56 Å². The molecule has 1 aliphatic heterocycles. The molecule has 2 aromatic rings. The molecule has 1 aromatic carbocycles. The van der Waals surface area contributed by atoms with Crippen molar-refractivity contribution in [3.63, 3.8) is 0 Å². The first-order valence-electron chi connectivity index (χ1n) is 7.78. The lowest BCUT2D eigenvalue weighted by Gasteiger charge is -2.33. The Balaban J connectivity index is 1.72. The topological polar surface area (TPSA) is 59.4 Å². The van der Waals surface area contributed by atoms with Gasteiger partial charge in [-0.25, -0.2) is 0 Å². The Labute approximate surface area is 136 Å². The van der Waals surface area contributed by atoms with Crippen molar-refractivity contribution in [1.29, 1.82) is 0 Å². The molecule has 0 saturated heterocycles. The van der Waals surface area contributed by atoms with Crippen LogP contribution >= 0.6 is 0 Å². The monoisotopic (exact) mass is 314 g/mol. The third-order valence-corrected chi connectivity index (χ3v) is 4.22. The third kappa shape index (κ3) is 3.53. The molecule has 122 valence electrons. The fourth-order valence-electron chi connectivity index (χ4n) is 3.04. The number of nitrogens with one attached hydrogen (secondary N) is 1. The van der Waals surface area contributed by atoms with Crippen LogP contribution in [-0.2, 0) is 17.9 Å². The van der Waals surface area contributed by atoms with Crippen molar-refractivity contribution in [3.05, 3.63) is 47.8 Å². The molecule has 23 heavy (non-hydrogen) atoms. The molecule has 2 heterocycles. The van der Waals surface area contributed by atoms with E-state index in [0.29, 0.717) is 6.42 Å². The van der Waals surface area contributed by atoms with Gasteiger partial charge in [0, 0.05) is 32.9 Å². The molecular weight excluding hydrogens is 292 g/mol. The molecule has 0 radical (unpaired) electrons. The molecule has 0 fully saturated rings. The summed E-state index contributed by atoms with van der Waals surface area (Å²) in [6.07, 6.45) is 2.26. The molecule has 0 unspecified atom stereocenters. The zero-order chi connectivity index (χ0) is 16.2. The largest absolute Gasteiger partial charge is 0.497 e. The maximum absolute atomic E-state index is 11.8. The predicted octanol–water partition coefficient (Wildman–Crippen LogP) is 1.58. The lowest BCUT2D eigenvalue weighted by Crippen LogP contribution is -2.39. The van der Waals surface area contributed by atoms with Gasteiger partial charge in [0.05, 0.1) is 25.3 Å². The summed E-state index contributed by atoms with van der Waals surface area (Å²) in [4.78, 5) is 14.1. The molecule has 0 saturated carbocycles. The lowest BCUT2D eigenvalue weighted by molar-refractivity contribution is -0.121. The minimum Gasteiger partial charge on any atom is -0.497 e. The second-order valence-electron chi connectivity index (χ2n) is 5.82. The van der Waals surface area contributed by atoms with Crippen LogP contribution < -0.4 is 10.1 Å². The van der Waals surface area contributed by atoms with Crippen molar-refractivity contribution in [3.8, 4) is 5.75 Å². The van der Waals surface area contributed by atoms with Crippen LogP contribution in [0.1, 0.15) is 23.7 Å². The van der Waals surface area contributed by atoms with Gasteiger partial charge < -0.3 is 10.1 Å². The summed E-state index contributed by atoms with van der Waals surface area (Å²) < 4.78 is 7.18. The minimum atomic E-state index is 0.0442. The molecular formula is C17H22N4O2. The summed E-state index contributed by atoms with van der Waals surface area (Å²) >= 11 is 0. The number of hydrogen-bond donors (Lipinski definition) is 1. The zero-order valence-electron chi connectivity index (χ0n) is 13.5. The van der Waals surface area contributed by atoms with E-state index >= 15 is 0 Å². The van der Waals surface area contributed by atoms with Crippen LogP contribution in [0.5, 0.6) is 5.75 Å². The van der Waals surface area contributed by atoms with Gasteiger partial charge in [0.25, 0.3) is 0 Å². The number of hydrogen-bond acceptors (Lipinski definition) is 4. The number of benzene rings is 1. The average Bonchev–Trinajstić information content (AvgIpc) is 3.04. The molecule has 0 spiro atoms. The molecule has 6 nitrogen and oxygen atoms in total. The van der Waals surface area contributed by atoms with Gasteiger partial charge in [-0.1, -0.05) is 12.1 Å². The molecule has 0 aliphatic carbocycles. The number of carbonyl (C=O) groups is 1. The lowest BCUT2D eigenvalue weighted by atomic mass is 10.1. The van der Waals surface area contributed by atoms with Crippen molar-refractivity contribution in [2.75, 3.05) is 20.7 Å². The Morgan fingerprint density at radius 1 is 1.35 bits per heavy atom. The van der Waals surface area contributed by atoms with Gasteiger partial charge in [0.1, 0.15) is 5.75 Å². The van der Waals surface area contributed by atoms with Gasteiger partial charge in [-0.05, 0) is 23.8 Å². The molecule has 1 aliphatic rings. The van der Waals surface area contributed by atoms with Crippen molar-refractivity contribution in [2.24, 2.45) is 0 Å². The van der Waals surface area contributed by atoms with Crippen LogP contribution in [0.2, 0.25) is 0 Å². The Morgan fingerprint density at radius 2 is 2.13 bits per heavy atom. The van der Waals surface area contributed by atoms with E-state index in [-0.39, 0.29) is 11.9 Å². The molecule has 0 bridgehead atoms. The van der Waals surface area contributed by atoms with Gasteiger partial charge >= 0.3 is 0 Å². The van der Waals surface area contributed by atoms with Crippen LogP contribution in [0.4, 0.5) is 0 Å². The number of methoxy groups -OCH3 is 1. The van der Waals surface area contributed by atoms with Gasteiger partial charge in [0.2, 0.25) is 5.91 Å². The normalized spacial score (nSPS) is 17.6. The molecule has 1 N–H and O–H groups in total. The maximum Gasteiger partial charge on any atom is 0.221 e. The summed E-state index contributed by atoms with van der Waals surface area (Å²) in [6.45, 7) is 2.50. The van der Waals surface area contributed by atoms with Crippen molar-refractivity contribution >= 4 is 5.91 Å². The fourth-order valence-corrected chi connectivity index (χ4v) is 3.04. The van der Waals surface area contributed by atoms with Gasteiger partial charge in [-0.15, -0.1) is 0 Å². The van der Waals surface area contributed by atoms with E-state index in [0.717, 1.165) is 31.1 Å². The van der Waals surface area contributed by atoms with Crippen molar-refractivity contribution < 1.29 is 9.53 Å². The van der Waals surface area contributed by atoms with Crippen molar-refractivity contribution in [1.82, 2.24) is 20.0 Å². The molecule has 6 heteroatoms. The summed E-state index contributed by atoms with van der Waals surface area (Å²) in [7, 11) is 3.34. The van der Waals surface area contributed by atoms with E-state index in [9.17, 15) is 4.79 Å². The van der Waals surface area contributed by atoms with Gasteiger partial charge in [-0.2, -0.15) is 5.10 Å². The predicted molar refractivity (Wildman–Crippen MR) is 87.1 cm³/mol. The highest BCUT2D eigenvalue weighted by molar-refractivity contribution is 5.76. The number of aromatic nitrogens is 2. The number of carbonyl (C=O) groups excluding carboxylic acids is 1. The van der Waals surface area contributed by atoms with E-state index in [1.807, 2.05) is 29.1 Å². The highest BCUT2D eigenvalue weighted by Gasteiger charge is 2.27. The number of fused-ring (bicyclic) bond motifs is 1. The summed E-state index contributed by atoms with van der Waals surface area (Å²) in [5.74, 6) is 0.908. The van der Waals surface area contributed by atoms with Crippen LogP contribution in [0, 0.1) is 0 Å². The van der Waals surface area contributed by atoms with E-state index in [1.54, 1.807) is 14.2 Å². The van der Waals surface area contributed by atoms with Crippen LogP contribution in [-0.4, -0.2) is 41.3 Å². The number of nitrogens with zero attached hydrogens (tertiary/aromatic N) is 3. The molecule has 1 aromatic heterocycles. The Hall–Kier alpha value is -2.34. The standard InChI is InChI=1S/C17H22N4O2/c1-18-17(22)9-15-12-20(11-14-7-8-19-21(14)15)10-13-3-5-16(23-2)6-4-13/h3-8,15H,9-12H2,1-2H3,(H,18,22)/t15-/m1/s1. The first-order valence-corrected chi connectivity index (χ1v) is 7.78. The molecule has 1 amide bonds. The summed E-state index contributed by atoms with van der Waals surface area (Å²) in [6, 6.07) is 10.2. The van der Waals surface area contributed by atoms with E-state index < -0.39 is 0 Å². The molecule has 1 atom stereocenters. The maximum atomic E-state index is 11.8. The first kappa shape index (κ1) is 15.6. The second-order valence-corrected chi connectivity index (χ2v) is 5.82. The van der Waals surface area contributed by atoms with Crippen LogP contribution in [0.25, 0.3) is 0 Å². The second kappa shape index (κ2) is 6.83. The fraction of sp³-hybridized carbons (Fsp3) is 0.412. The van der Waals surface area contributed by atoms with Gasteiger partial charge in [0.15, 0.2) is 0 Å². The number of ether oxygens (including phenoxy) is 1. The van der Waals surface area contributed by atoms with Crippen LogP contribution in [0.3, 0.4) is 0 Å². The first-order chi connectivity index (χ1) is 11.2. The highest BCUT2D eigenvalue weighted by Crippen LogP contribution is 2.24. The van der Waals surface area contributed by atoms with Crippen LogP contribution in [0.15, 0.2) is 36.5 Å². The quantitative estimate of drug-likeness (QED) is 0.910. The highest BCUT2D eigenvalue weighted by atomic mass is 16.5. The zero-order valence-corrected chi connectivity index (χ0v) is 13.5. The smallest absolute Gasteiger partial charge is 0.221 e. The Kier molecular flexibility index (Phi) is 4.62. The minimum absolute atomic E-state index is 0.0442. The Bertz CT molecular complexity index is 665. The SMILES string of the molecule is CNC(=O)C[C@@H]1CN(Cc2ccc(OC)cc2)Cc2ccnn21. The Morgan fingerprint density at radius 3 is 2.83 bits per heavy atom.